The van der Waals surface area contributed by atoms with Crippen LogP contribution in [0.5, 0.6) is 0 Å². The molecule has 0 aromatic carbocycles. The number of rotatable bonds is 8. The van der Waals surface area contributed by atoms with Crippen LogP contribution < -0.4 is 5.32 Å². The van der Waals surface area contributed by atoms with Crippen molar-refractivity contribution < 1.29 is 23.1 Å². The molecular weight excluding hydrogens is 264 g/mol. The highest BCUT2D eigenvalue weighted by Crippen LogP contribution is 2.21. The van der Waals surface area contributed by atoms with Crippen LogP contribution in [0.1, 0.15) is 29.2 Å². The first-order valence-corrected chi connectivity index (χ1v) is 6.56. The molecule has 0 bridgehead atoms. The molecule has 4 nitrogen and oxygen atoms in total. The fourth-order valence-electron chi connectivity index (χ4n) is 1.25. The van der Waals surface area contributed by atoms with Crippen LogP contribution in [0.15, 0.2) is 16.5 Å². The van der Waals surface area contributed by atoms with E-state index >= 15 is 0 Å². The molecule has 0 atom stereocenters. The molecule has 0 aliphatic heterocycles. The largest absolute Gasteiger partial charge is 0.455 e. The van der Waals surface area contributed by atoms with Gasteiger partial charge < -0.3 is 14.8 Å². The van der Waals surface area contributed by atoms with Crippen molar-refractivity contribution in [3.63, 3.8) is 0 Å². The van der Waals surface area contributed by atoms with Gasteiger partial charge in [0.05, 0.1) is 5.75 Å². The first-order valence-electron chi connectivity index (χ1n) is 5.51. The second-order valence-electron chi connectivity index (χ2n) is 3.52. The average Bonchev–Trinajstić information content (AvgIpc) is 2.80. The topological polar surface area (TPSA) is 62.5 Å². The average molecular weight is 279 g/mol. The van der Waals surface area contributed by atoms with Gasteiger partial charge in [-0.25, -0.2) is 0 Å². The van der Waals surface area contributed by atoms with Gasteiger partial charge >= 0.3 is 0 Å². The van der Waals surface area contributed by atoms with E-state index in [1.54, 1.807) is 0 Å². The number of thioether (sulfide) groups is 1. The third-order valence-electron chi connectivity index (χ3n) is 2.11. The van der Waals surface area contributed by atoms with Gasteiger partial charge in [0, 0.05) is 13.2 Å². The number of amides is 1. The number of unbranched alkanes of at least 4 members (excludes halogenated alkanes) is 1. The molecule has 0 spiro atoms. The van der Waals surface area contributed by atoms with Crippen molar-refractivity contribution >= 4 is 17.7 Å². The Balaban J connectivity index is 2.34. The Morgan fingerprint density at radius 1 is 1.44 bits per heavy atom. The van der Waals surface area contributed by atoms with E-state index in [2.05, 4.69) is 5.32 Å². The Morgan fingerprint density at radius 3 is 2.89 bits per heavy atom. The van der Waals surface area contributed by atoms with E-state index < -0.39 is 5.76 Å². The van der Waals surface area contributed by atoms with Crippen molar-refractivity contribution in [3.8, 4) is 0 Å². The Morgan fingerprint density at radius 2 is 2.22 bits per heavy atom. The van der Waals surface area contributed by atoms with Gasteiger partial charge in [0.15, 0.2) is 5.76 Å². The van der Waals surface area contributed by atoms with Gasteiger partial charge in [0.1, 0.15) is 5.76 Å². The maximum Gasteiger partial charge on any atom is 0.286 e. The number of aliphatic hydroxyl groups excluding tert-OH is 1. The van der Waals surface area contributed by atoms with Gasteiger partial charge in [-0.2, -0.15) is 8.78 Å². The predicted molar refractivity (Wildman–Crippen MR) is 64.7 cm³/mol. The molecule has 102 valence electrons. The fourth-order valence-corrected chi connectivity index (χ4v) is 1.69. The molecule has 1 amide bonds. The van der Waals surface area contributed by atoms with Crippen molar-refractivity contribution in [2.45, 2.75) is 24.4 Å². The summed E-state index contributed by atoms with van der Waals surface area (Å²) in [5, 5.41) is 11.2. The first-order chi connectivity index (χ1) is 8.63. The molecule has 2 N–H and O–H groups in total. The SMILES string of the molecule is O=C(NCCCCO)c1ccc(CSC(F)F)o1. The lowest BCUT2D eigenvalue weighted by Crippen LogP contribution is -2.24. The molecular formula is C11H15F2NO3S. The summed E-state index contributed by atoms with van der Waals surface area (Å²) in [5.41, 5.74) is 0. The highest BCUT2D eigenvalue weighted by molar-refractivity contribution is 7.98. The highest BCUT2D eigenvalue weighted by atomic mass is 32.2. The van der Waals surface area contributed by atoms with Crippen LogP contribution in [0.4, 0.5) is 8.78 Å². The Hall–Kier alpha value is -1.08. The van der Waals surface area contributed by atoms with Crippen molar-refractivity contribution in [2.75, 3.05) is 13.2 Å². The van der Waals surface area contributed by atoms with E-state index in [0.29, 0.717) is 36.9 Å². The van der Waals surface area contributed by atoms with Crippen LogP contribution in [0.3, 0.4) is 0 Å². The quantitative estimate of drug-likeness (QED) is 0.716. The minimum absolute atomic E-state index is 0.0372. The molecule has 18 heavy (non-hydrogen) atoms. The van der Waals surface area contributed by atoms with Gasteiger partial charge in [0.2, 0.25) is 0 Å². The van der Waals surface area contributed by atoms with E-state index in [9.17, 15) is 13.6 Å². The van der Waals surface area contributed by atoms with E-state index in [1.807, 2.05) is 0 Å². The molecule has 7 heteroatoms. The summed E-state index contributed by atoms with van der Waals surface area (Å²) in [6.07, 6.45) is 1.30. The van der Waals surface area contributed by atoms with Gasteiger partial charge in [-0.15, -0.1) is 0 Å². The first kappa shape index (κ1) is 15.0. The number of hydrogen-bond donors (Lipinski definition) is 2. The molecule has 1 rings (SSSR count). The number of nitrogens with one attached hydrogen (secondary N) is 1. The summed E-state index contributed by atoms with van der Waals surface area (Å²) in [5.74, 6) is -2.33. The normalized spacial score (nSPS) is 10.9. The zero-order valence-electron chi connectivity index (χ0n) is 9.70. The predicted octanol–water partition coefficient (Wildman–Crippen LogP) is 2.24. The summed E-state index contributed by atoms with van der Waals surface area (Å²) in [4.78, 5) is 11.5. The second-order valence-corrected chi connectivity index (χ2v) is 4.50. The molecule has 1 aromatic rings. The van der Waals surface area contributed by atoms with Crippen molar-refractivity contribution in [2.24, 2.45) is 0 Å². The number of furan rings is 1. The fraction of sp³-hybridized carbons (Fsp3) is 0.545. The molecule has 0 aliphatic rings. The molecule has 0 aliphatic carbocycles. The van der Waals surface area contributed by atoms with E-state index in [-0.39, 0.29) is 24.0 Å². The molecule has 1 heterocycles. The minimum atomic E-state index is -2.45. The van der Waals surface area contributed by atoms with Crippen LogP contribution >= 0.6 is 11.8 Å². The van der Waals surface area contributed by atoms with Crippen LogP contribution in [0.25, 0.3) is 0 Å². The highest BCUT2D eigenvalue weighted by Gasteiger charge is 2.12. The standard InChI is InChI=1S/C11H15F2NO3S/c12-11(13)18-7-8-3-4-9(17-8)10(16)14-5-1-2-6-15/h3-4,11,15H,1-2,5-7H2,(H,14,16). The maximum absolute atomic E-state index is 11.9. The van der Waals surface area contributed by atoms with Gasteiger partial charge in [0.25, 0.3) is 11.7 Å². The molecule has 0 saturated heterocycles. The zero-order chi connectivity index (χ0) is 13.4. The summed E-state index contributed by atoms with van der Waals surface area (Å²) in [7, 11) is 0. The van der Waals surface area contributed by atoms with Gasteiger partial charge in [-0.3, -0.25) is 4.79 Å². The third-order valence-corrected chi connectivity index (χ3v) is 2.81. The number of carbonyl (C=O) groups excluding carboxylic acids is 1. The summed E-state index contributed by atoms with van der Waals surface area (Å²) in [6, 6.07) is 2.97. The lowest BCUT2D eigenvalue weighted by atomic mass is 10.3. The number of carbonyl (C=O) groups is 1. The zero-order valence-corrected chi connectivity index (χ0v) is 10.5. The Labute approximate surface area is 108 Å². The van der Waals surface area contributed by atoms with E-state index in [0.717, 1.165) is 0 Å². The number of aliphatic hydroxyl groups is 1. The Bertz CT molecular complexity index is 371. The third kappa shape index (κ3) is 5.50. The molecule has 0 unspecified atom stereocenters. The van der Waals surface area contributed by atoms with Crippen LogP contribution in [-0.4, -0.2) is 29.9 Å². The van der Waals surface area contributed by atoms with Gasteiger partial charge in [-0.1, -0.05) is 11.8 Å². The smallest absolute Gasteiger partial charge is 0.286 e. The minimum Gasteiger partial charge on any atom is -0.455 e. The lowest BCUT2D eigenvalue weighted by molar-refractivity contribution is 0.0923. The molecule has 0 saturated carbocycles. The summed E-state index contributed by atoms with van der Waals surface area (Å²) >= 11 is 0.447. The van der Waals surface area contributed by atoms with Crippen LogP contribution in [0, 0.1) is 0 Å². The Kier molecular flexibility index (Phi) is 6.74. The van der Waals surface area contributed by atoms with E-state index in [1.165, 1.54) is 12.1 Å². The second kappa shape index (κ2) is 8.10. The molecule has 1 aromatic heterocycles. The maximum atomic E-state index is 11.9. The van der Waals surface area contributed by atoms with Crippen LogP contribution in [0.2, 0.25) is 0 Å². The summed E-state index contributed by atoms with van der Waals surface area (Å²) in [6.45, 7) is 0.535. The van der Waals surface area contributed by atoms with Crippen molar-refractivity contribution in [1.82, 2.24) is 5.32 Å². The lowest BCUT2D eigenvalue weighted by Gasteiger charge is -2.01. The monoisotopic (exact) mass is 279 g/mol. The van der Waals surface area contributed by atoms with Gasteiger partial charge in [-0.05, 0) is 25.0 Å². The summed E-state index contributed by atoms with van der Waals surface area (Å²) < 4.78 is 29.0. The number of alkyl halides is 2. The molecule has 0 radical (unpaired) electrons. The van der Waals surface area contributed by atoms with Crippen molar-refractivity contribution in [3.05, 3.63) is 23.7 Å². The van der Waals surface area contributed by atoms with Crippen molar-refractivity contribution in [1.29, 1.82) is 0 Å². The number of hydrogen-bond acceptors (Lipinski definition) is 4. The van der Waals surface area contributed by atoms with E-state index in [4.69, 9.17) is 9.52 Å². The number of halogens is 2. The molecule has 0 fully saturated rings. The van der Waals surface area contributed by atoms with Crippen LogP contribution in [-0.2, 0) is 5.75 Å².